The standard InChI is InChI=1S/C13H9N3O2S2/c1-16(11-4-2-10(8-14)3-5-11)20(17,18)13-7-6-12(9-15)19-13/h2-7H,1H3. The summed E-state index contributed by atoms with van der Waals surface area (Å²) in [5.74, 6) is 0. The van der Waals surface area contributed by atoms with Gasteiger partial charge in [-0.3, -0.25) is 4.31 Å². The smallest absolute Gasteiger partial charge is 0.269 e. The lowest BCUT2D eigenvalue weighted by Crippen LogP contribution is -2.25. The summed E-state index contributed by atoms with van der Waals surface area (Å²) in [6.07, 6.45) is 0. The highest BCUT2D eigenvalue weighted by molar-refractivity contribution is 7.94. The van der Waals surface area contributed by atoms with Crippen LogP contribution < -0.4 is 4.31 Å². The first kappa shape index (κ1) is 14.1. The molecular formula is C13H9N3O2S2. The first-order valence-electron chi connectivity index (χ1n) is 5.48. The highest BCUT2D eigenvalue weighted by atomic mass is 32.2. The maximum Gasteiger partial charge on any atom is 0.273 e. The Balaban J connectivity index is 2.38. The van der Waals surface area contributed by atoms with Crippen molar-refractivity contribution >= 4 is 27.0 Å². The van der Waals surface area contributed by atoms with Crippen molar-refractivity contribution in [1.82, 2.24) is 0 Å². The molecule has 0 atom stereocenters. The number of nitrogens with zero attached hydrogens (tertiary/aromatic N) is 3. The van der Waals surface area contributed by atoms with Crippen molar-refractivity contribution in [3.63, 3.8) is 0 Å². The molecule has 0 aliphatic rings. The Morgan fingerprint density at radius 1 is 1.05 bits per heavy atom. The minimum absolute atomic E-state index is 0.112. The topological polar surface area (TPSA) is 85.0 Å². The number of sulfonamides is 1. The van der Waals surface area contributed by atoms with Crippen LogP contribution in [-0.4, -0.2) is 15.5 Å². The second-order valence-corrected chi connectivity index (χ2v) is 7.14. The third-order valence-electron chi connectivity index (χ3n) is 2.67. The van der Waals surface area contributed by atoms with E-state index >= 15 is 0 Å². The molecule has 0 amide bonds. The first-order valence-corrected chi connectivity index (χ1v) is 7.73. The summed E-state index contributed by atoms with van der Waals surface area (Å²) in [4.78, 5) is 0.344. The van der Waals surface area contributed by atoms with Gasteiger partial charge in [-0.2, -0.15) is 10.5 Å². The molecule has 0 spiro atoms. The van der Waals surface area contributed by atoms with E-state index in [0.717, 1.165) is 15.6 Å². The van der Waals surface area contributed by atoms with Crippen molar-refractivity contribution in [3.05, 3.63) is 46.8 Å². The summed E-state index contributed by atoms with van der Waals surface area (Å²) >= 11 is 0.927. The molecule has 0 bridgehead atoms. The molecule has 0 unspecified atom stereocenters. The number of hydrogen-bond donors (Lipinski definition) is 0. The molecule has 2 rings (SSSR count). The molecule has 1 heterocycles. The Bertz CT molecular complexity index is 809. The van der Waals surface area contributed by atoms with E-state index in [1.165, 1.54) is 19.2 Å². The van der Waals surface area contributed by atoms with Gasteiger partial charge in [0.25, 0.3) is 10.0 Å². The van der Waals surface area contributed by atoms with Gasteiger partial charge in [0.1, 0.15) is 15.2 Å². The second kappa shape index (κ2) is 5.33. The van der Waals surface area contributed by atoms with Crippen LogP contribution in [0.15, 0.2) is 40.6 Å². The minimum atomic E-state index is -3.68. The van der Waals surface area contributed by atoms with Gasteiger partial charge in [-0.15, -0.1) is 11.3 Å². The lowest BCUT2D eigenvalue weighted by molar-refractivity contribution is 0.596. The summed E-state index contributed by atoms with van der Waals surface area (Å²) < 4.78 is 26.0. The molecule has 2 aromatic rings. The number of hydrogen-bond acceptors (Lipinski definition) is 5. The van der Waals surface area contributed by atoms with Crippen molar-refractivity contribution in [2.45, 2.75) is 4.21 Å². The fourth-order valence-electron chi connectivity index (χ4n) is 1.54. The minimum Gasteiger partial charge on any atom is -0.269 e. The van der Waals surface area contributed by atoms with Crippen LogP contribution in [0, 0.1) is 22.7 Å². The maximum atomic E-state index is 12.4. The van der Waals surface area contributed by atoms with Crippen LogP contribution >= 0.6 is 11.3 Å². The van der Waals surface area contributed by atoms with E-state index in [2.05, 4.69) is 0 Å². The van der Waals surface area contributed by atoms with E-state index in [1.54, 1.807) is 24.3 Å². The number of nitriles is 2. The number of anilines is 1. The van der Waals surface area contributed by atoms with Crippen LogP contribution in [0.2, 0.25) is 0 Å². The van der Waals surface area contributed by atoms with Crippen molar-refractivity contribution in [2.75, 3.05) is 11.4 Å². The Morgan fingerprint density at radius 2 is 1.70 bits per heavy atom. The normalized spacial score (nSPS) is 10.6. The molecule has 0 N–H and O–H groups in total. The summed E-state index contributed by atoms with van der Waals surface area (Å²) in [7, 11) is -2.25. The van der Waals surface area contributed by atoms with Crippen LogP contribution in [0.4, 0.5) is 5.69 Å². The van der Waals surface area contributed by atoms with Gasteiger partial charge in [-0.25, -0.2) is 8.42 Å². The zero-order chi connectivity index (χ0) is 14.8. The van der Waals surface area contributed by atoms with Gasteiger partial charge >= 0.3 is 0 Å². The van der Waals surface area contributed by atoms with E-state index in [9.17, 15) is 8.42 Å². The Kier molecular flexibility index (Phi) is 3.75. The van der Waals surface area contributed by atoms with Crippen LogP contribution in [0.5, 0.6) is 0 Å². The van der Waals surface area contributed by atoms with Crippen LogP contribution in [0.1, 0.15) is 10.4 Å². The van der Waals surface area contributed by atoms with Crippen molar-refractivity contribution in [2.24, 2.45) is 0 Å². The van der Waals surface area contributed by atoms with Gasteiger partial charge in [0.15, 0.2) is 0 Å². The predicted molar refractivity (Wildman–Crippen MR) is 75.8 cm³/mol. The zero-order valence-corrected chi connectivity index (χ0v) is 12.1. The monoisotopic (exact) mass is 303 g/mol. The summed E-state index contributed by atoms with van der Waals surface area (Å²) in [5.41, 5.74) is 0.915. The molecule has 0 aliphatic heterocycles. The molecule has 1 aromatic heterocycles. The van der Waals surface area contributed by atoms with Gasteiger partial charge in [-0.1, -0.05) is 0 Å². The third-order valence-corrected chi connectivity index (χ3v) is 5.91. The van der Waals surface area contributed by atoms with Gasteiger partial charge in [0.05, 0.1) is 17.3 Å². The lowest BCUT2D eigenvalue weighted by Gasteiger charge is -2.18. The highest BCUT2D eigenvalue weighted by Crippen LogP contribution is 2.27. The van der Waals surface area contributed by atoms with E-state index in [1.807, 2.05) is 12.1 Å². The molecule has 0 saturated heterocycles. The van der Waals surface area contributed by atoms with Crippen LogP contribution in [-0.2, 0) is 10.0 Å². The first-order chi connectivity index (χ1) is 9.48. The Morgan fingerprint density at radius 3 is 2.20 bits per heavy atom. The fourth-order valence-corrected chi connectivity index (χ4v) is 4.01. The predicted octanol–water partition coefficient (Wildman–Crippen LogP) is 2.32. The Hall–Kier alpha value is -2.35. The molecule has 0 aliphatic carbocycles. The molecule has 20 heavy (non-hydrogen) atoms. The van der Waals surface area contributed by atoms with Crippen molar-refractivity contribution in [3.8, 4) is 12.1 Å². The van der Waals surface area contributed by atoms with E-state index < -0.39 is 10.0 Å². The largest absolute Gasteiger partial charge is 0.273 e. The number of thiophene rings is 1. The molecule has 7 heteroatoms. The molecule has 5 nitrogen and oxygen atoms in total. The van der Waals surface area contributed by atoms with Gasteiger partial charge in [-0.05, 0) is 36.4 Å². The SMILES string of the molecule is CN(c1ccc(C#N)cc1)S(=O)(=O)c1ccc(C#N)s1. The lowest BCUT2D eigenvalue weighted by atomic mass is 10.2. The third kappa shape index (κ3) is 2.50. The van der Waals surface area contributed by atoms with E-state index in [4.69, 9.17) is 10.5 Å². The van der Waals surface area contributed by atoms with E-state index in [0.29, 0.717) is 16.1 Å². The Labute approximate surface area is 121 Å². The second-order valence-electron chi connectivity index (χ2n) is 3.86. The summed E-state index contributed by atoms with van der Waals surface area (Å²) in [6.45, 7) is 0. The fraction of sp³-hybridized carbons (Fsp3) is 0.0769. The van der Waals surface area contributed by atoms with Crippen LogP contribution in [0.25, 0.3) is 0 Å². The van der Waals surface area contributed by atoms with Crippen molar-refractivity contribution in [1.29, 1.82) is 10.5 Å². The molecule has 0 fully saturated rings. The maximum absolute atomic E-state index is 12.4. The number of rotatable bonds is 3. The number of benzene rings is 1. The van der Waals surface area contributed by atoms with E-state index in [-0.39, 0.29) is 4.21 Å². The summed E-state index contributed by atoms with van der Waals surface area (Å²) in [6, 6.07) is 13.0. The molecular weight excluding hydrogens is 294 g/mol. The van der Waals surface area contributed by atoms with Crippen molar-refractivity contribution < 1.29 is 8.42 Å². The quantitative estimate of drug-likeness (QED) is 0.871. The molecule has 0 radical (unpaired) electrons. The molecule has 1 aromatic carbocycles. The van der Waals surface area contributed by atoms with Gasteiger partial charge in [0.2, 0.25) is 0 Å². The average molecular weight is 303 g/mol. The average Bonchev–Trinajstić information content (AvgIpc) is 2.96. The zero-order valence-electron chi connectivity index (χ0n) is 10.4. The highest BCUT2D eigenvalue weighted by Gasteiger charge is 2.23. The van der Waals surface area contributed by atoms with Crippen LogP contribution in [0.3, 0.4) is 0 Å². The van der Waals surface area contributed by atoms with Gasteiger partial charge < -0.3 is 0 Å². The summed E-state index contributed by atoms with van der Waals surface area (Å²) in [5, 5.41) is 17.5. The molecule has 0 saturated carbocycles. The molecule has 100 valence electrons. The van der Waals surface area contributed by atoms with Gasteiger partial charge in [0, 0.05) is 7.05 Å².